The molecule has 1 aliphatic carbocycles. The maximum Gasteiger partial charge on any atom is 0.416 e. The average molecular weight is 467 g/mol. The summed E-state index contributed by atoms with van der Waals surface area (Å²) in [6, 6.07) is 18.8. The van der Waals surface area contributed by atoms with Crippen LogP contribution >= 0.6 is 0 Å². The molecule has 0 saturated heterocycles. The minimum Gasteiger partial charge on any atom is -0.496 e. The lowest BCUT2D eigenvalue weighted by Gasteiger charge is -2.19. The number of hydrogen-bond acceptors (Lipinski definition) is 4. The molecular formula is C27H24F3NO3. The lowest BCUT2D eigenvalue weighted by molar-refractivity contribution is -0.140. The molecule has 0 aliphatic heterocycles. The van der Waals surface area contributed by atoms with Gasteiger partial charge < -0.3 is 14.8 Å². The van der Waals surface area contributed by atoms with Crippen molar-refractivity contribution in [3.63, 3.8) is 0 Å². The van der Waals surface area contributed by atoms with Crippen LogP contribution in [0.3, 0.4) is 0 Å². The first-order valence-corrected chi connectivity index (χ1v) is 10.9. The van der Waals surface area contributed by atoms with Crippen molar-refractivity contribution in [2.75, 3.05) is 14.2 Å². The van der Waals surface area contributed by atoms with Gasteiger partial charge in [0.1, 0.15) is 5.75 Å². The lowest BCUT2D eigenvalue weighted by atomic mass is 9.94. The van der Waals surface area contributed by atoms with Crippen molar-refractivity contribution in [3.8, 4) is 16.9 Å². The first-order chi connectivity index (χ1) is 16.3. The molecule has 0 spiro atoms. The van der Waals surface area contributed by atoms with Gasteiger partial charge in [-0.1, -0.05) is 24.3 Å². The Morgan fingerprint density at radius 1 is 1.12 bits per heavy atom. The quantitative estimate of drug-likeness (QED) is 0.468. The fourth-order valence-electron chi connectivity index (χ4n) is 4.34. The van der Waals surface area contributed by atoms with Crippen molar-refractivity contribution in [2.24, 2.45) is 0 Å². The molecule has 176 valence electrons. The van der Waals surface area contributed by atoms with E-state index in [9.17, 15) is 18.0 Å². The molecule has 34 heavy (non-hydrogen) atoms. The van der Waals surface area contributed by atoms with Crippen LogP contribution in [0.15, 0.2) is 48.5 Å². The number of nitrogens with one attached hydrogen (secondary N) is 1. The smallest absolute Gasteiger partial charge is 0.416 e. The summed E-state index contributed by atoms with van der Waals surface area (Å²) in [4.78, 5) is 11.8. The van der Waals surface area contributed by atoms with Gasteiger partial charge in [0.25, 0.3) is 0 Å². The number of benzene rings is 2. The van der Waals surface area contributed by atoms with Gasteiger partial charge in [0.15, 0.2) is 0 Å². The van der Waals surface area contributed by atoms with Crippen molar-refractivity contribution in [1.29, 1.82) is 0 Å². The van der Waals surface area contributed by atoms with E-state index in [1.807, 2.05) is 12.1 Å². The molecule has 0 fully saturated rings. The second-order valence-electron chi connectivity index (χ2n) is 8.17. The number of carbonyl (C=O) groups excluding carboxylic acids is 1. The third kappa shape index (κ3) is 5.02. The Bertz CT molecular complexity index is 1190. The molecule has 0 saturated carbocycles. The molecule has 0 heterocycles. The van der Waals surface area contributed by atoms with Crippen molar-refractivity contribution in [3.05, 3.63) is 88.5 Å². The highest BCUT2D eigenvalue weighted by Gasteiger charge is 2.31. The van der Waals surface area contributed by atoms with Crippen LogP contribution in [0.2, 0.25) is 0 Å². The second-order valence-corrected chi connectivity index (χ2v) is 8.17. The monoisotopic (exact) mass is 467 g/mol. The number of hydrogen-bond donors (Lipinski definition) is 1. The van der Waals surface area contributed by atoms with Crippen molar-refractivity contribution >= 4 is 5.97 Å². The fraction of sp³-hybridized carbons (Fsp3) is 0.296. The number of methoxy groups -OCH3 is 2. The van der Waals surface area contributed by atoms with Crippen LogP contribution in [0, 0.1) is 12.1 Å². The van der Waals surface area contributed by atoms with Gasteiger partial charge in [-0.25, -0.2) is 0 Å². The third-order valence-corrected chi connectivity index (χ3v) is 6.07. The highest BCUT2D eigenvalue weighted by molar-refractivity contribution is 5.77. The van der Waals surface area contributed by atoms with E-state index in [0.29, 0.717) is 28.0 Å². The van der Waals surface area contributed by atoms with E-state index in [4.69, 9.17) is 9.47 Å². The predicted molar refractivity (Wildman–Crippen MR) is 121 cm³/mol. The number of carbonyl (C=O) groups is 1. The highest BCUT2D eigenvalue weighted by atomic mass is 19.4. The normalized spacial score (nSPS) is 14.9. The molecule has 0 unspecified atom stereocenters. The summed E-state index contributed by atoms with van der Waals surface area (Å²) in [5.41, 5.74) is 3.84. The Hall–Kier alpha value is -3.50. The van der Waals surface area contributed by atoms with E-state index >= 15 is 0 Å². The summed E-state index contributed by atoms with van der Waals surface area (Å²) in [5, 5.41) is 3.40. The van der Waals surface area contributed by atoms with Crippen molar-refractivity contribution < 1.29 is 27.4 Å². The van der Waals surface area contributed by atoms with Crippen LogP contribution in [0.1, 0.15) is 40.3 Å². The minimum atomic E-state index is -4.47. The second kappa shape index (κ2) is 9.78. The molecule has 4 rings (SSSR count). The van der Waals surface area contributed by atoms with Gasteiger partial charge in [-0.15, -0.1) is 0 Å². The lowest BCUT2D eigenvalue weighted by Crippen LogP contribution is -2.19. The molecule has 0 radical (unpaired) electrons. The molecule has 3 aromatic carbocycles. The molecular weight excluding hydrogens is 443 g/mol. The Labute approximate surface area is 196 Å². The summed E-state index contributed by atoms with van der Waals surface area (Å²) < 4.78 is 50.8. The molecule has 3 aromatic rings. The van der Waals surface area contributed by atoms with Crippen LogP contribution in [-0.2, 0) is 35.1 Å². The highest BCUT2D eigenvalue weighted by Crippen LogP contribution is 2.38. The topological polar surface area (TPSA) is 47.6 Å². The van der Waals surface area contributed by atoms with Crippen LogP contribution in [0.5, 0.6) is 5.75 Å². The van der Waals surface area contributed by atoms with Crippen molar-refractivity contribution in [1.82, 2.24) is 5.32 Å². The molecule has 0 amide bonds. The zero-order valence-corrected chi connectivity index (χ0v) is 18.9. The van der Waals surface area contributed by atoms with E-state index in [-0.39, 0.29) is 19.0 Å². The summed E-state index contributed by atoms with van der Waals surface area (Å²) in [5.74, 6) is 0.0992. The molecule has 0 bridgehead atoms. The number of rotatable bonds is 7. The van der Waals surface area contributed by atoms with Crippen LogP contribution in [-0.4, -0.2) is 20.2 Å². The minimum absolute atomic E-state index is 0.0117. The number of alkyl halides is 3. The predicted octanol–water partition coefficient (Wildman–Crippen LogP) is 5.47. The molecule has 1 N–H and O–H groups in total. The molecule has 0 aromatic heterocycles. The van der Waals surface area contributed by atoms with Gasteiger partial charge in [0.05, 0.1) is 26.2 Å². The summed E-state index contributed by atoms with van der Waals surface area (Å²) in [6.45, 7) is 0.219. The Balaban J connectivity index is 1.71. The van der Waals surface area contributed by atoms with E-state index in [0.717, 1.165) is 24.5 Å². The Morgan fingerprint density at radius 2 is 1.94 bits per heavy atom. The number of fused-ring (bicyclic) bond motifs is 1. The maximum atomic E-state index is 13.5. The number of aryl methyl sites for hydroxylation is 1. The number of ether oxygens (including phenoxy) is 2. The van der Waals surface area contributed by atoms with Gasteiger partial charge in [-0.05, 0) is 71.5 Å². The summed E-state index contributed by atoms with van der Waals surface area (Å²) in [7, 11) is 2.81. The molecule has 7 heteroatoms. The first-order valence-electron chi connectivity index (χ1n) is 10.9. The average Bonchev–Trinajstić information content (AvgIpc) is 3.25. The first kappa shape index (κ1) is 23.7. The third-order valence-electron chi connectivity index (χ3n) is 6.07. The van der Waals surface area contributed by atoms with Gasteiger partial charge in [0.2, 0.25) is 0 Å². The summed E-state index contributed by atoms with van der Waals surface area (Å²) in [6.07, 6.45) is -2.69. The molecule has 1 aliphatic rings. The SMILES string of the molecule is COC(=O)Cc1ccc(OC)c(-c2ccc(C(F)(F)F)cc2CN[C@@H]2CCc3ccc#cc32)c1. The van der Waals surface area contributed by atoms with Crippen molar-refractivity contribution in [2.45, 2.75) is 38.0 Å². The largest absolute Gasteiger partial charge is 0.496 e. The van der Waals surface area contributed by atoms with Crippen LogP contribution in [0.25, 0.3) is 11.1 Å². The number of esters is 1. The maximum absolute atomic E-state index is 13.5. The standard InChI is InChI=1S/C27H24F3NO3/c1-33-25-12-7-17(14-26(32)34-2)13-23(25)21-10-9-20(27(28,29)30)15-19(21)16-31-24-11-8-18-5-3-4-6-22(18)24/h3,5,7,9-10,12-13,15,24,31H,8,11,14,16H2,1-2H3/t24-/m1/s1. The Kier molecular flexibility index (Phi) is 6.80. The van der Waals surface area contributed by atoms with E-state index in [1.165, 1.54) is 31.9 Å². The number of halogens is 3. The Morgan fingerprint density at radius 3 is 2.68 bits per heavy atom. The van der Waals surface area contributed by atoms with E-state index < -0.39 is 17.7 Å². The zero-order chi connectivity index (χ0) is 24.3. The fourth-order valence-corrected chi connectivity index (χ4v) is 4.34. The van der Waals surface area contributed by atoms with Gasteiger partial charge in [-0.3, -0.25) is 4.79 Å². The van der Waals surface area contributed by atoms with E-state index in [1.54, 1.807) is 18.2 Å². The van der Waals surface area contributed by atoms with Crippen LogP contribution in [0.4, 0.5) is 13.2 Å². The van der Waals surface area contributed by atoms with Gasteiger partial charge in [-0.2, -0.15) is 13.2 Å². The zero-order valence-electron chi connectivity index (χ0n) is 18.9. The molecule has 1 atom stereocenters. The summed E-state index contributed by atoms with van der Waals surface area (Å²) >= 11 is 0. The molecule has 4 nitrogen and oxygen atoms in total. The van der Waals surface area contributed by atoms with Crippen LogP contribution < -0.4 is 10.1 Å². The van der Waals surface area contributed by atoms with Gasteiger partial charge in [0, 0.05) is 23.7 Å². The van der Waals surface area contributed by atoms with Gasteiger partial charge >= 0.3 is 12.1 Å². The van der Waals surface area contributed by atoms with E-state index in [2.05, 4.69) is 17.4 Å².